The Morgan fingerprint density at radius 1 is 1.57 bits per heavy atom. The molecule has 1 aliphatic heterocycles. The van der Waals surface area contributed by atoms with Gasteiger partial charge in [0.25, 0.3) is 0 Å². The second-order valence-electron chi connectivity index (χ2n) is 5.52. The minimum absolute atomic E-state index is 0.0289. The average molecular weight is 318 g/mol. The molecule has 1 aliphatic rings. The van der Waals surface area contributed by atoms with Crippen LogP contribution >= 0.6 is 0 Å². The van der Waals surface area contributed by atoms with Crippen molar-refractivity contribution in [3.05, 3.63) is 39.6 Å². The van der Waals surface area contributed by atoms with Crippen LogP contribution in [0.15, 0.2) is 12.3 Å². The predicted octanol–water partition coefficient (Wildman–Crippen LogP) is 1.98. The van der Waals surface area contributed by atoms with Gasteiger partial charge in [-0.2, -0.15) is 5.10 Å². The summed E-state index contributed by atoms with van der Waals surface area (Å²) in [5.41, 5.74) is 0.718. The number of nitrogens with one attached hydrogen (secondary N) is 1. The molecule has 0 aliphatic carbocycles. The van der Waals surface area contributed by atoms with Crippen LogP contribution in [0.3, 0.4) is 0 Å². The monoisotopic (exact) mass is 318 g/mol. The minimum Gasteiger partial charge on any atom is -0.377 e. The second kappa shape index (κ2) is 6.29. The molecule has 1 atom stereocenters. The van der Waals surface area contributed by atoms with Gasteiger partial charge < -0.3 is 10.1 Å². The molecule has 0 aromatic carbocycles. The fourth-order valence-electron chi connectivity index (χ4n) is 2.70. The highest BCUT2D eigenvalue weighted by molar-refractivity contribution is 5.57. The van der Waals surface area contributed by atoms with Crippen molar-refractivity contribution in [2.75, 3.05) is 12.4 Å². The highest BCUT2D eigenvalue weighted by atomic mass is 16.6. The Morgan fingerprint density at radius 2 is 2.39 bits per heavy atom. The van der Waals surface area contributed by atoms with Gasteiger partial charge in [0.05, 0.1) is 11.0 Å². The van der Waals surface area contributed by atoms with Crippen LogP contribution in [-0.4, -0.2) is 31.8 Å². The summed E-state index contributed by atoms with van der Waals surface area (Å²) in [6.45, 7) is 2.90. The molecule has 0 bridgehead atoms. The third kappa shape index (κ3) is 3.14. The van der Waals surface area contributed by atoms with Crippen molar-refractivity contribution in [1.82, 2.24) is 19.7 Å². The fourth-order valence-corrected chi connectivity index (χ4v) is 2.70. The molecule has 3 heterocycles. The number of hydrogen-bond donors (Lipinski definition) is 1. The van der Waals surface area contributed by atoms with E-state index in [-0.39, 0.29) is 17.5 Å². The van der Waals surface area contributed by atoms with Crippen LogP contribution in [0.2, 0.25) is 0 Å². The van der Waals surface area contributed by atoms with E-state index in [9.17, 15) is 10.1 Å². The maximum absolute atomic E-state index is 11.2. The number of hydrogen-bond acceptors (Lipinski definition) is 7. The van der Waals surface area contributed by atoms with Crippen molar-refractivity contribution in [3.63, 3.8) is 0 Å². The van der Waals surface area contributed by atoms with Gasteiger partial charge in [-0.05, 0) is 25.3 Å². The van der Waals surface area contributed by atoms with Crippen molar-refractivity contribution < 1.29 is 9.66 Å². The van der Waals surface area contributed by atoms with E-state index >= 15 is 0 Å². The van der Waals surface area contributed by atoms with Crippen molar-refractivity contribution in [1.29, 1.82) is 0 Å². The molecule has 0 fully saturated rings. The maximum Gasteiger partial charge on any atom is 0.311 e. The third-order valence-electron chi connectivity index (χ3n) is 3.70. The molecule has 9 heteroatoms. The van der Waals surface area contributed by atoms with Gasteiger partial charge in [0, 0.05) is 25.9 Å². The molecule has 2 aromatic rings. The summed E-state index contributed by atoms with van der Waals surface area (Å²) < 4.78 is 6.89. The van der Waals surface area contributed by atoms with E-state index in [1.807, 2.05) is 4.68 Å². The first-order valence-electron chi connectivity index (χ1n) is 7.38. The van der Waals surface area contributed by atoms with Crippen LogP contribution in [-0.2, 0) is 17.9 Å². The lowest BCUT2D eigenvalue weighted by Gasteiger charge is -2.23. The maximum atomic E-state index is 11.2. The van der Waals surface area contributed by atoms with E-state index in [1.165, 1.54) is 6.07 Å². The molecule has 9 nitrogen and oxygen atoms in total. The number of nitrogens with zero attached hydrogens (tertiary/aromatic N) is 5. The quantitative estimate of drug-likeness (QED) is 0.663. The normalized spacial score (nSPS) is 16.9. The highest BCUT2D eigenvalue weighted by Crippen LogP contribution is 2.31. The SMILES string of the molecule is COCc1nc2n(n1)CCC[C@@H]2Nc1ncc(C)cc1[N+](=O)[O-]. The summed E-state index contributed by atoms with van der Waals surface area (Å²) in [4.78, 5) is 19.5. The molecule has 0 amide bonds. The van der Waals surface area contributed by atoms with Crippen LogP contribution in [0.25, 0.3) is 0 Å². The molecule has 0 unspecified atom stereocenters. The summed E-state index contributed by atoms with van der Waals surface area (Å²) in [6, 6.07) is 1.36. The van der Waals surface area contributed by atoms with Crippen LogP contribution in [0.4, 0.5) is 11.5 Å². The zero-order valence-corrected chi connectivity index (χ0v) is 13.0. The van der Waals surface area contributed by atoms with E-state index in [4.69, 9.17) is 4.74 Å². The fraction of sp³-hybridized carbons (Fsp3) is 0.500. The van der Waals surface area contributed by atoms with Gasteiger partial charge in [0.15, 0.2) is 5.82 Å². The van der Waals surface area contributed by atoms with Crippen molar-refractivity contribution in [3.8, 4) is 0 Å². The van der Waals surface area contributed by atoms with Crippen molar-refractivity contribution >= 4 is 11.5 Å². The molecule has 0 spiro atoms. The molecular weight excluding hydrogens is 300 g/mol. The predicted molar refractivity (Wildman–Crippen MR) is 82.0 cm³/mol. The molecule has 2 aromatic heterocycles. The summed E-state index contributed by atoms with van der Waals surface area (Å²) in [7, 11) is 1.59. The largest absolute Gasteiger partial charge is 0.377 e. The average Bonchev–Trinajstić information content (AvgIpc) is 2.93. The Balaban J connectivity index is 1.89. The standard InChI is InChI=1S/C14H18N6O3/c1-9-6-11(20(21)22)13(15-7-9)16-10-4-3-5-19-14(10)17-12(18-19)8-23-2/h6-7,10H,3-5,8H2,1-2H3,(H,15,16)/t10-/m0/s1. The van der Waals surface area contributed by atoms with Crippen LogP contribution < -0.4 is 5.32 Å². The Hall–Kier alpha value is -2.55. The van der Waals surface area contributed by atoms with E-state index in [0.29, 0.717) is 12.4 Å². The van der Waals surface area contributed by atoms with E-state index in [0.717, 1.165) is 30.8 Å². The topological polar surface area (TPSA) is 108 Å². The molecule has 0 saturated heterocycles. The number of rotatable bonds is 5. The second-order valence-corrected chi connectivity index (χ2v) is 5.52. The Bertz CT molecular complexity index is 729. The summed E-state index contributed by atoms with van der Waals surface area (Å²) in [5, 5.41) is 18.8. The van der Waals surface area contributed by atoms with Gasteiger partial charge >= 0.3 is 5.69 Å². The first-order valence-corrected chi connectivity index (χ1v) is 7.38. The summed E-state index contributed by atoms with van der Waals surface area (Å²) in [5.74, 6) is 1.64. The van der Waals surface area contributed by atoms with Gasteiger partial charge in [-0.3, -0.25) is 10.1 Å². The van der Waals surface area contributed by atoms with Gasteiger partial charge in [-0.25, -0.2) is 14.6 Å². The lowest BCUT2D eigenvalue weighted by Crippen LogP contribution is -2.23. The summed E-state index contributed by atoms with van der Waals surface area (Å²) in [6.07, 6.45) is 3.34. The minimum atomic E-state index is -0.424. The Kier molecular flexibility index (Phi) is 4.20. The molecule has 122 valence electrons. The first kappa shape index (κ1) is 15.3. The van der Waals surface area contributed by atoms with Crippen LogP contribution in [0.1, 0.15) is 36.1 Å². The Labute approximate surface area is 132 Å². The molecule has 1 N–H and O–H groups in total. The smallest absolute Gasteiger partial charge is 0.311 e. The Morgan fingerprint density at radius 3 is 3.13 bits per heavy atom. The van der Waals surface area contributed by atoms with Gasteiger partial charge in [0.1, 0.15) is 12.4 Å². The number of nitro groups is 1. The van der Waals surface area contributed by atoms with Crippen molar-refractivity contribution in [2.45, 2.75) is 39.0 Å². The van der Waals surface area contributed by atoms with Gasteiger partial charge in [-0.15, -0.1) is 0 Å². The van der Waals surface area contributed by atoms with Gasteiger partial charge in [0.2, 0.25) is 5.82 Å². The molecule has 3 rings (SSSR count). The highest BCUT2D eigenvalue weighted by Gasteiger charge is 2.27. The van der Waals surface area contributed by atoms with Crippen molar-refractivity contribution in [2.24, 2.45) is 0 Å². The molecule has 0 radical (unpaired) electrons. The van der Waals surface area contributed by atoms with Crippen LogP contribution in [0, 0.1) is 17.0 Å². The number of methoxy groups -OCH3 is 1. The van der Waals surface area contributed by atoms with E-state index < -0.39 is 4.92 Å². The van der Waals surface area contributed by atoms with E-state index in [2.05, 4.69) is 20.4 Å². The number of aromatic nitrogens is 4. The molecule has 23 heavy (non-hydrogen) atoms. The van der Waals surface area contributed by atoms with Crippen LogP contribution in [0.5, 0.6) is 0 Å². The third-order valence-corrected chi connectivity index (χ3v) is 3.70. The number of anilines is 1. The zero-order valence-electron chi connectivity index (χ0n) is 13.0. The summed E-state index contributed by atoms with van der Waals surface area (Å²) >= 11 is 0. The lowest BCUT2D eigenvalue weighted by atomic mass is 10.1. The number of pyridine rings is 1. The first-order chi connectivity index (χ1) is 11.1. The molecular formula is C14H18N6O3. The van der Waals surface area contributed by atoms with E-state index in [1.54, 1.807) is 20.2 Å². The number of aryl methyl sites for hydroxylation is 2. The lowest BCUT2D eigenvalue weighted by molar-refractivity contribution is -0.384. The number of fused-ring (bicyclic) bond motifs is 1. The van der Waals surface area contributed by atoms with Gasteiger partial charge in [-0.1, -0.05) is 0 Å². The zero-order chi connectivity index (χ0) is 16.4. The number of ether oxygens (including phenoxy) is 1. The molecule has 0 saturated carbocycles.